The molecule has 0 aliphatic carbocycles. The molecule has 0 unspecified atom stereocenters. The lowest BCUT2D eigenvalue weighted by atomic mass is 10.0. The molecule has 3 nitrogen and oxygen atoms in total. The summed E-state index contributed by atoms with van der Waals surface area (Å²) in [6.45, 7) is 0.304. The van der Waals surface area contributed by atoms with Crippen LogP contribution in [0.2, 0.25) is 0 Å². The van der Waals surface area contributed by atoms with Crippen LogP contribution in [0, 0.1) is 5.82 Å². The first-order valence-corrected chi connectivity index (χ1v) is 8.27. The molecule has 3 aromatic rings. The molecular formula is C22H19FO3. The van der Waals surface area contributed by atoms with E-state index >= 15 is 0 Å². The third-order valence-electron chi connectivity index (χ3n) is 4.09. The second-order valence-electron chi connectivity index (χ2n) is 5.90. The summed E-state index contributed by atoms with van der Waals surface area (Å²) in [5.74, 6) is 0.673. The Morgan fingerprint density at radius 3 is 2.35 bits per heavy atom. The van der Waals surface area contributed by atoms with E-state index in [4.69, 9.17) is 9.47 Å². The van der Waals surface area contributed by atoms with E-state index in [1.54, 1.807) is 13.2 Å². The molecule has 0 saturated heterocycles. The van der Waals surface area contributed by atoms with E-state index in [-0.39, 0.29) is 5.56 Å². The number of hydrogen-bond acceptors (Lipinski definition) is 3. The lowest BCUT2D eigenvalue weighted by Gasteiger charge is -2.14. The van der Waals surface area contributed by atoms with Crippen molar-refractivity contribution in [1.82, 2.24) is 0 Å². The third-order valence-corrected chi connectivity index (χ3v) is 4.09. The molecule has 0 aliphatic heterocycles. The highest BCUT2D eigenvalue weighted by atomic mass is 19.1. The largest absolute Gasteiger partial charge is 0.497 e. The van der Waals surface area contributed by atoms with Crippen molar-refractivity contribution in [1.29, 1.82) is 0 Å². The highest BCUT2D eigenvalue weighted by Crippen LogP contribution is 2.28. The Bertz CT molecular complexity index is 874. The summed E-state index contributed by atoms with van der Waals surface area (Å²) in [6, 6.07) is 19.9. The first kappa shape index (κ1) is 17.7. The number of carbonyl (C=O) groups excluding carboxylic acids is 1. The minimum atomic E-state index is -0.450. The van der Waals surface area contributed by atoms with Crippen molar-refractivity contribution in [2.45, 2.75) is 13.0 Å². The molecule has 0 spiro atoms. The molecule has 0 atom stereocenters. The van der Waals surface area contributed by atoms with E-state index in [0.717, 1.165) is 16.9 Å². The van der Waals surface area contributed by atoms with Gasteiger partial charge in [0.1, 0.15) is 30.2 Å². The summed E-state index contributed by atoms with van der Waals surface area (Å²) in [5.41, 5.74) is 2.58. The van der Waals surface area contributed by atoms with Crippen molar-refractivity contribution >= 4 is 6.29 Å². The Kier molecular flexibility index (Phi) is 5.64. The van der Waals surface area contributed by atoms with E-state index in [9.17, 15) is 9.18 Å². The maximum Gasteiger partial charge on any atom is 0.150 e. The number of aldehydes is 1. The lowest BCUT2D eigenvalue weighted by Crippen LogP contribution is -2.03. The molecule has 0 fully saturated rings. The summed E-state index contributed by atoms with van der Waals surface area (Å²) < 4.78 is 25.6. The van der Waals surface area contributed by atoms with Gasteiger partial charge in [-0.3, -0.25) is 4.79 Å². The van der Waals surface area contributed by atoms with Crippen LogP contribution in [0.1, 0.15) is 27.0 Å². The van der Waals surface area contributed by atoms with E-state index in [1.165, 1.54) is 6.07 Å². The summed E-state index contributed by atoms with van der Waals surface area (Å²) in [5, 5.41) is 0. The monoisotopic (exact) mass is 350 g/mol. The number of carbonyl (C=O) groups is 1. The Labute approximate surface area is 152 Å². The molecule has 0 bridgehead atoms. The summed E-state index contributed by atoms with van der Waals surface area (Å²) in [7, 11) is 1.60. The standard InChI is InChI=1S/C22H19FO3/c1-25-19-9-7-16(8-10-19)11-20-21(23)12-18(14-24)13-22(20)26-15-17-5-3-2-4-6-17/h2-10,12-14H,11,15H2,1H3. The van der Waals surface area contributed by atoms with Crippen LogP contribution >= 0.6 is 0 Å². The Morgan fingerprint density at radius 1 is 0.962 bits per heavy atom. The number of methoxy groups -OCH3 is 1. The lowest BCUT2D eigenvalue weighted by molar-refractivity contribution is 0.112. The zero-order valence-corrected chi connectivity index (χ0v) is 14.4. The predicted molar refractivity (Wildman–Crippen MR) is 98.4 cm³/mol. The van der Waals surface area contributed by atoms with Gasteiger partial charge in [0.2, 0.25) is 0 Å². The van der Waals surface area contributed by atoms with Gasteiger partial charge in [-0.25, -0.2) is 4.39 Å². The SMILES string of the molecule is COc1ccc(Cc2c(F)cc(C=O)cc2OCc2ccccc2)cc1. The van der Waals surface area contributed by atoms with Gasteiger partial charge in [-0.15, -0.1) is 0 Å². The number of halogens is 1. The topological polar surface area (TPSA) is 35.5 Å². The van der Waals surface area contributed by atoms with Crippen LogP contribution in [0.25, 0.3) is 0 Å². The second-order valence-corrected chi connectivity index (χ2v) is 5.90. The van der Waals surface area contributed by atoms with Crippen molar-refractivity contribution in [2.75, 3.05) is 7.11 Å². The van der Waals surface area contributed by atoms with E-state index in [2.05, 4.69) is 0 Å². The molecule has 3 rings (SSSR count). The van der Waals surface area contributed by atoms with Gasteiger partial charge in [0, 0.05) is 17.5 Å². The first-order chi connectivity index (χ1) is 12.7. The maximum atomic E-state index is 14.6. The van der Waals surface area contributed by atoms with Crippen LogP contribution in [0.15, 0.2) is 66.7 Å². The zero-order chi connectivity index (χ0) is 18.4. The van der Waals surface area contributed by atoms with Crippen LogP contribution in [0.5, 0.6) is 11.5 Å². The van der Waals surface area contributed by atoms with Crippen LogP contribution < -0.4 is 9.47 Å². The van der Waals surface area contributed by atoms with Crippen LogP contribution in [0.4, 0.5) is 4.39 Å². The molecule has 4 heteroatoms. The fourth-order valence-corrected chi connectivity index (χ4v) is 2.68. The summed E-state index contributed by atoms with van der Waals surface area (Å²) in [4.78, 5) is 11.1. The summed E-state index contributed by atoms with van der Waals surface area (Å²) >= 11 is 0. The second kappa shape index (κ2) is 8.30. The molecule has 0 amide bonds. The van der Waals surface area contributed by atoms with Crippen molar-refractivity contribution < 1.29 is 18.7 Å². The molecule has 0 N–H and O–H groups in total. The summed E-state index contributed by atoms with van der Waals surface area (Å²) in [6.07, 6.45) is 0.981. The molecule has 26 heavy (non-hydrogen) atoms. The maximum absolute atomic E-state index is 14.6. The van der Waals surface area contributed by atoms with Gasteiger partial charge in [0.15, 0.2) is 0 Å². The van der Waals surface area contributed by atoms with Crippen LogP contribution in [-0.4, -0.2) is 13.4 Å². The molecule has 0 radical (unpaired) electrons. The minimum absolute atomic E-state index is 0.254. The average Bonchev–Trinajstić information content (AvgIpc) is 2.69. The smallest absolute Gasteiger partial charge is 0.150 e. The molecule has 0 aliphatic rings. The van der Waals surface area contributed by atoms with Gasteiger partial charge in [0.05, 0.1) is 7.11 Å². The van der Waals surface area contributed by atoms with Crippen molar-refractivity contribution in [3.8, 4) is 11.5 Å². The molecule has 0 saturated carbocycles. The van der Waals surface area contributed by atoms with Gasteiger partial charge in [-0.05, 0) is 35.4 Å². The highest BCUT2D eigenvalue weighted by Gasteiger charge is 2.14. The van der Waals surface area contributed by atoms with Crippen molar-refractivity contribution in [3.05, 3.63) is 94.8 Å². The first-order valence-electron chi connectivity index (χ1n) is 8.27. The Balaban J connectivity index is 1.87. The Hall–Kier alpha value is -3.14. The minimum Gasteiger partial charge on any atom is -0.497 e. The van der Waals surface area contributed by atoms with Crippen molar-refractivity contribution in [3.63, 3.8) is 0 Å². The zero-order valence-electron chi connectivity index (χ0n) is 14.4. The van der Waals surface area contributed by atoms with Crippen LogP contribution in [-0.2, 0) is 13.0 Å². The van der Waals surface area contributed by atoms with Gasteiger partial charge in [-0.1, -0.05) is 42.5 Å². The normalized spacial score (nSPS) is 10.4. The quantitative estimate of drug-likeness (QED) is 0.573. The van der Waals surface area contributed by atoms with Gasteiger partial charge in [-0.2, -0.15) is 0 Å². The third kappa shape index (κ3) is 4.28. The van der Waals surface area contributed by atoms with Gasteiger partial charge in [0.25, 0.3) is 0 Å². The predicted octanol–water partition coefficient (Wildman–Crippen LogP) is 4.82. The van der Waals surface area contributed by atoms with E-state index in [1.807, 2.05) is 54.6 Å². The number of benzene rings is 3. The highest BCUT2D eigenvalue weighted by molar-refractivity contribution is 5.76. The van der Waals surface area contributed by atoms with Crippen LogP contribution in [0.3, 0.4) is 0 Å². The Morgan fingerprint density at radius 2 is 1.69 bits per heavy atom. The average molecular weight is 350 g/mol. The van der Waals surface area contributed by atoms with Crippen molar-refractivity contribution in [2.24, 2.45) is 0 Å². The fourth-order valence-electron chi connectivity index (χ4n) is 2.68. The molecular weight excluding hydrogens is 331 g/mol. The number of hydrogen-bond donors (Lipinski definition) is 0. The fraction of sp³-hybridized carbons (Fsp3) is 0.136. The molecule has 0 aromatic heterocycles. The number of ether oxygens (including phenoxy) is 2. The van der Waals surface area contributed by atoms with E-state index in [0.29, 0.717) is 30.6 Å². The van der Waals surface area contributed by atoms with E-state index < -0.39 is 5.82 Å². The molecule has 0 heterocycles. The molecule has 3 aromatic carbocycles. The number of rotatable bonds is 7. The molecule has 132 valence electrons. The van der Waals surface area contributed by atoms with Gasteiger partial charge < -0.3 is 9.47 Å². The van der Waals surface area contributed by atoms with Gasteiger partial charge >= 0.3 is 0 Å².